The Morgan fingerprint density at radius 1 is 1.36 bits per heavy atom. The summed E-state index contributed by atoms with van der Waals surface area (Å²) in [6.45, 7) is 3.67. The molecule has 1 atom stereocenters. The molecule has 0 saturated carbocycles. The summed E-state index contributed by atoms with van der Waals surface area (Å²) in [7, 11) is 0. The summed E-state index contributed by atoms with van der Waals surface area (Å²) in [5.41, 5.74) is 14.2. The van der Waals surface area contributed by atoms with Crippen LogP contribution < -0.4 is 11.5 Å². The van der Waals surface area contributed by atoms with Crippen molar-refractivity contribution in [2.24, 2.45) is 5.73 Å². The number of hydrogen-bond donors (Lipinski definition) is 3. The van der Waals surface area contributed by atoms with E-state index in [4.69, 9.17) is 16.6 Å². The monoisotopic (exact) mass is 194 g/mol. The number of nitrogens with two attached hydrogens (primary N) is 2. The van der Waals surface area contributed by atoms with Crippen molar-refractivity contribution in [3.63, 3.8) is 0 Å². The van der Waals surface area contributed by atoms with Crippen molar-refractivity contribution in [3.8, 4) is 0 Å². The average Bonchev–Trinajstić information content (AvgIpc) is 2.12. The third-order valence-corrected chi connectivity index (χ3v) is 2.24. The molecule has 5 N–H and O–H groups in total. The fourth-order valence-corrected chi connectivity index (χ4v) is 1.33. The molecule has 14 heavy (non-hydrogen) atoms. The molecule has 0 amide bonds. The molecule has 0 bridgehead atoms. The van der Waals surface area contributed by atoms with Gasteiger partial charge in [-0.25, -0.2) is 0 Å². The first kappa shape index (κ1) is 10.5. The van der Waals surface area contributed by atoms with E-state index in [1.807, 2.05) is 13.8 Å². The van der Waals surface area contributed by atoms with E-state index < -0.39 is 12.0 Å². The number of carbonyl (C=O) groups is 1. The second-order valence-electron chi connectivity index (χ2n) is 3.38. The zero-order chi connectivity index (χ0) is 10.9. The molecule has 0 heterocycles. The Balaban J connectivity index is 3.19. The second kappa shape index (κ2) is 3.67. The van der Waals surface area contributed by atoms with Gasteiger partial charge in [-0.3, -0.25) is 4.79 Å². The van der Waals surface area contributed by atoms with E-state index in [1.165, 1.54) is 0 Å². The maximum Gasteiger partial charge on any atom is 0.325 e. The van der Waals surface area contributed by atoms with Gasteiger partial charge in [0, 0.05) is 5.69 Å². The van der Waals surface area contributed by atoms with Gasteiger partial charge in [-0.05, 0) is 30.5 Å². The molecule has 0 aliphatic carbocycles. The molecule has 4 heteroatoms. The minimum absolute atomic E-state index is 0.585. The summed E-state index contributed by atoms with van der Waals surface area (Å²) in [6, 6.07) is 2.44. The van der Waals surface area contributed by atoms with Crippen LogP contribution in [-0.2, 0) is 4.79 Å². The summed E-state index contributed by atoms with van der Waals surface area (Å²) in [4.78, 5) is 10.7. The zero-order valence-corrected chi connectivity index (χ0v) is 8.24. The number of nitrogen functional groups attached to an aromatic ring is 1. The van der Waals surface area contributed by atoms with Crippen molar-refractivity contribution >= 4 is 11.7 Å². The number of benzene rings is 1. The molecular weight excluding hydrogens is 180 g/mol. The quantitative estimate of drug-likeness (QED) is 0.612. The highest BCUT2D eigenvalue weighted by atomic mass is 16.4. The largest absolute Gasteiger partial charge is 0.480 e. The van der Waals surface area contributed by atoms with Crippen molar-refractivity contribution in [1.29, 1.82) is 0 Å². The molecule has 0 radical (unpaired) electrons. The molecule has 1 unspecified atom stereocenters. The van der Waals surface area contributed by atoms with Gasteiger partial charge in [-0.15, -0.1) is 0 Å². The lowest BCUT2D eigenvalue weighted by atomic mass is 10.0. The maximum atomic E-state index is 10.7. The van der Waals surface area contributed by atoms with Crippen molar-refractivity contribution in [2.75, 3.05) is 5.73 Å². The van der Waals surface area contributed by atoms with Crippen LogP contribution in [0.5, 0.6) is 0 Å². The van der Waals surface area contributed by atoms with Gasteiger partial charge in [0.25, 0.3) is 0 Å². The van der Waals surface area contributed by atoms with Crippen LogP contribution in [0.1, 0.15) is 22.7 Å². The molecule has 0 aromatic heterocycles. The maximum absolute atomic E-state index is 10.7. The number of hydrogen-bond acceptors (Lipinski definition) is 3. The van der Waals surface area contributed by atoms with Crippen LogP contribution in [0.3, 0.4) is 0 Å². The topological polar surface area (TPSA) is 89.3 Å². The fourth-order valence-electron chi connectivity index (χ4n) is 1.33. The Bertz CT molecular complexity index is 351. The second-order valence-corrected chi connectivity index (χ2v) is 3.38. The van der Waals surface area contributed by atoms with Gasteiger partial charge in [-0.2, -0.15) is 0 Å². The van der Waals surface area contributed by atoms with E-state index >= 15 is 0 Å². The highest BCUT2D eigenvalue weighted by molar-refractivity contribution is 5.76. The van der Waals surface area contributed by atoms with E-state index in [1.54, 1.807) is 12.1 Å². The molecule has 1 rings (SSSR count). The molecule has 1 aromatic rings. The fraction of sp³-hybridized carbons (Fsp3) is 0.300. The van der Waals surface area contributed by atoms with Crippen molar-refractivity contribution < 1.29 is 9.90 Å². The predicted octanol–water partition coefficient (Wildman–Crippen LogP) is 0.970. The molecular formula is C10H14N2O2. The molecule has 0 fully saturated rings. The van der Waals surface area contributed by atoms with E-state index in [-0.39, 0.29) is 0 Å². The van der Waals surface area contributed by atoms with Crippen LogP contribution >= 0.6 is 0 Å². The smallest absolute Gasteiger partial charge is 0.325 e. The Kier molecular flexibility index (Phi) is 2.76. The Morgan fingerprint density at radius 3 is 2.14 bits per heavy atom. The summed E-state index contributed by atoms with van der Waals surface area (Å²) >= 11 is 0. The van der Waals surface area contributed by atoms with Gasteiger partial charge in [0.1, 0.15) is 6.04 Å². The van der Waals surface area contributed by atoms with Gasteiger partial charge in [0.05, 0.1) is 0 Å². The van der Waals surface area contributed by atoms with Crippen LogP contribution in [-0.4, -0.2) is 11.1 Å². The molecule has 1 aromatic carbocycles. The summed E-state index contributed by atoms with van der Waals surface area (Å²) in [5.74, 6) is -1.03. The first-order chi connectivity index (χ1) is 6.43. The van der Waals surface area contributed by atoms with Crippen LogP contribution in [0.2, 0.25) is 0 Å². The van der Waals surface area contributed by atoms with Crippen molar-refractivity contribution in [3.05, 3.63) is 28.8 Å². The third-order valence-electron chi connectivity index (χ3n) is 2.24. The predicted molar refractivity (Wildman–Crippen MR) is 54.9 cm³/mol. The number of rotatable bonds is 2. The van der Waals surface area contributed by atoms with E-state index in [9.17, 15) is 4.79 Å². The lowest BCUT2D eigenvalue weighted by Crippen LogP contribution is -2.21. The first-order valence-electron chi connectivity index (χ1n) is 4.28. The number of aryl methyl sites for hydroxylation is 2. The summed E-state index contributed by atoms with van der Waals surface area (Å²) in [6.07, 6.45) is 0. The van der Waals surface area contributed by atoms with E-state index in [0.717, 1.165) is 11.1 Å². The molecule has 0 saturated heterocycles. The molecule has 4 nitrogen and oxygen atoms in total. The van der Waals surface area contributed by atoms with Crippen LogP contribution in [0.15, 0.2) is 12.1 Å². The Hall–Kier alpha value is -1.55. The average molecular weight is 194 g/mol. The lowest BCUT2D eigenvalue weighted by molar-refractivity contribution is -0.138. The summed E-state index contributed by atoms with van der Waals surface area (Å²) in [5, 5.41) is 8.73. The van der Waals surface area contributed by atoms with Crippen LogP contribution in [0, 0.1) is 13.8 Å². The zero-order valence-electron chi connectivity index (χ0n) is 8.24. The third kappa shape index (κ3) is 1.85. The molecule has 0 aliphatic rings. The number of carboxylic acids is 1. The lowest BCUT2D eigenvalue weighted by Gasteiger charge is -2.11. The van der Waals surface area contributed by atoms with Crippen molar-refractivity contribution in [1.82, 2.24) is 0 Å². The number of anilines is 1. The number of carboxylic acid groups (broad SMARTS) is 1. The van der Waals surface area contributed by atoms with Gasteiger partial charge >= 0.3 is 5.97 Å². The SMILES string of the molecule is Cc1cc(C(N)C(=O)O)cc(C)c1N. The van der Waals surface area contributed by atoms with E-state index in [0.29, 0.717) is 11.3 Å². The highest BCUT2D eigenvalue weighted by Crippen LogP contribution is 2.21. The van der Waals surface area contributed by atoms with Gasteiger partial charge in [0.2, 0.25) is 0 Å². The summed E-state index contributed by atoms with van der Waals surface area (Å²) < 4.78 is 0. The standard InChI is InChI=1S/C10H14N2O2/c1-5-3-7(9(12)10(13)14)4-6(2)8(5)11/h3-4,9H,11-12H2,1-2H3,(H,13,14). The minimum Gasteiger partial charge on any atom is -0.480 e. The van der Waals surface area contributed by atoms with Crippen LogP contribution in [0.25, 0.3) is 0 Å². The normalized spacial score (nSPS) is 12.5. The van der Waals surface area contributed by atoms with Crippen molar-refractivity contribution in [2.45, 2.75) is 19.9 Å². The highest BCUT2D eigenvalue weighted by Gasteiger charge is 2.15. The van der Waals surface area contributed by atoms with Crippen LogP contribution in [0.4, 0.5) is 5.69 Å². The van der Waals surface area contributed by atoms with Gasteiger partial charge in [-0.1, -0.05) is 12.1 Å². The molecule has 0 spiro atoms. The Labute approximate surface area is 82.5 Å². The first-order valence-corrected chi connectivity index (χ1v) is 4.28. The van der Waals surface area contributed by atoms with E-state index in [2.05, 4.69) is 0 Å². The molecule has 76 valence electrons. The number of aliphatic carboxylic acids is 1. The Morgan fingerprint density at radius 2 is 1.79 bits per heavy atom. The molecule has 0 aliphatic heterocycles. The van der Waals surface area contributed by atoms with Gasteiger partial charge < -0.3 is 16.6 Å². The minimum atomic E-state index is -1.03. The van der Waals surface area contributed by atoms with Gasteiger partial charge in [0.15, 0.2) is 0 Å².